The van der Waals surface area contributed by atoms with Crippen LogP contribution in [0.4, 0.5) is 21.5 Å². The number of anilines is 3. The Bertz CT molecular complexity index is 877. The highest BCUT2D eigenvalue weighted by Gasteiger charge is 2.26. The van der Waals surface area contributed by atoms with E-state index in [-0.39, 0.29) is 11.7 Å². The zero-order valence-electron chi connectivity index (χ0n) is 15.4. The maximum absolute atomic E-state index is 13.0. The quantitative estimate of drug-likeness (QED) is 0.794. The maximum atomic E-state index is 13.0. The van der Waals surface area contributed by atoms with Crippen molar-refractivity contribution in [3.05, 3.63) is 54.3 Å². The van der Waals surface area contributed by atoms with Crippen LogP contribution in [0, 0.1) is 5.82 Å². The monoisotopic (exact) mass is 384 g/mol. The molecule has 0 radical (unpaired) electrons. The molecule has 0 saturated carbocycles. The molecule has 3 amide bonds. The van der Waals surface area contributed by atoms with Gasteiger partial charge in [0.05, 0.1) is 0 Å². The van der Waals surface area contributed by atoms with Crippen LogP contribution >= 0.6 is 0 Å². The van der Waals surface area contributed by atoms with Crippen LogP contribution in [0.15, 0.2) is 48.5 Å². The van der Waals surface area contributed by atoms with Crippen LogP contribution in [-0.2, 0) is 14.4 Å². The lowest BCUT2D eigenvalue weighted by Crippen LogP contribution is -2.51. The molecule has 1 aliphatic heterocycles. The summed E-state index contributed by atoms with van der Waals surface area (Å²) in [7, 11) is 0. The van der Waals surface area contributed by atoms with Gasteiger partial charge in [0.15, 0.2) is 0 Å². The highest BCUT2D eigenvalue weighted by molar-refractivity contribution is 6.39. The minimum Gasteiger partial charge on any atom is -0.368 e. The minimum atomic E-state index is -0.727. The van der Waals surface area contributed by atoms with Crippen LogP contribution in [0.5, 0.6) is 0 Å². The molecule has 146 valence electrons. The van der Waals surface area contributed by atoms with E-state index in [4.69, 9.17) is 0 Å². The normalized spacial score (nSPS) is 13.8. The van der Waals surface area contributed by atoms with Crippen molar-refractivity contribution < 1.29 is 18.8 Å². The Morgan fingerprint density at radius 2 is 1.50 bits per heavy atom. The van der Waals surface area contributed by atoms with Gasteiger partial charge in [0.1, 0.15) is 5.82 Å². The second kappa shape index (κ2) is 8.51. The fourth-order valence-electron chi connectivity index (χ4n) is 3.03. The summed E-state index contributed by atoms with van der Waals surface area (Å²) in [4.78, 5) is 39.4. The first kappa shape index (κ1) is 19.3. The van der Waals surface area contributed by atoms with Crippen molar-refractivity contribution >= 4 is 34.8 Å². The molecule has 0 aromatic heterocycles. The number of rotatable bonds is 3. The molecule has 1 fully saturated rings. The summed E-state index contributed by atoms with van der Waals surface area (Å²) < 4.78 is 13.0. The van der Waals surface area contributed by atoms with Gasteiger partial charge in [-0.3, -0.25) is 14.4 Å². The number of nitrogens with one attached hydrogen (secondary N) is 2. The molecular formula is C20H21FN4O3. The third kappa shape index (κ3) is 4.85. The molecule has 0 spiro atoms. The van der Waals surface area contributed by atoms with Gasteiger partial charge in [0, 0.05) is 50.2 Å². The van der Waals surface area contributed by atoms with Gasteiger partial charge in [-0.15, -0.1) is 0 Å². The Hall–Kier alpha value is -3.42. The molecule has 1 aliphatic rings. The molecule has 2 N–H and O–H groups in total. The highest BCUT2D eigenvalue weighted by Crippen LogP contribution is 2.18. The standard InChI is InChI=1S/C20H21FN4O3/c1-14(26)22-16-3-2-4-17(13-16)23-19(27)20(28)25-11-9-24(10-12-25)18-7-5-15(21)6-8-18/h2-8,13H,9-12H2,1H3,(H,22,26)(H,23,27). The van der Waals surface area contributed by atoms with E-state index in [1.54, 1.807) is 36.4 Å². The summed E-state index contributed by atoms with van der Waals surface area (Å²) in [5, 5.41) is 5.19. The molecule has 2 aromatic rings. The molecule has 1 heterocycles. The molecular weight excluding hydrogens is 363 g/mol. The summed E-state index contributed by atoms with van der Waals surface area (Å²) in [6, 6.07) is 12.8. The van der Waals surface area contributed by atoms with E-state index in [9.17, 15) is 18.8 Å². The average molecular weight is 384 g/mol. The number of halogens is 1. The SMILES string of the molecule is CC(=O)Nc1cccc(NC(=O)C(=O)N2CCN(c3ccc(F)cc3)CC2)c1. The number of nitrogens with zero attached hydrogens (tertiary/aromatic N) is 2. The average Bonchev–Trinajstić information content (AvgIpc) is 2.68. The lowest BCUT2D eigenvalue weighted by Gasteiger charge is -2.35. The van der Waals surface area contributed by atoms with Crippen LogP contribution in [0.25, 0.3) is 0 Å². The lowest BCUT2D eigenvalue weighted by atomic mass is 10.2. The Labute approximate surface area is 162 Å². The Kier molecular flexibility index (Phi) is 5.88. The fourth-order valence-corrected chi connectivity index (χ4v) is 3.03. The number of carbonyl (C=O) groups is 3. The number of amides is 3. The Morgan fingerprint density at radius 3 is 2.11 bits per heavy atom. The van der Waals surface area contributed by atoms with Crippen molar-refractivity contribution in [1.29, 1.82) is 0 Å². The molecule has 28 heavy (non-hydrogen) atoms. The Morgan fingerprint density at radius 1 is 0.893 bits per heavy atom. The van der Waals surface area contributed by atoms with Gasteiger partial charge in [0.25, 0.3) is 0 Å². The van der Waals surface area contributed by atoms with Gasteiger partial charge < -0.3 is 20.4 Å². The van der Waals surface area contributed by atoms with Gasteiger partial charge in [-0.1, -0.05) is 6.07 Å². The van der Waals surface area contributed by atoms with Crippen molar-refractivity contribution in [2.24, 2.45) is 0 Å². The fraction of sp³-hybridized carbons (Fsp3) is 0.250. The van der Waals surface area contributed by atoms with Crippen molar-refractivity contribution in [1.82, 2.24) is 4.90 Å². The van der Waals surface area contributed by atoms with Gasteiger partial charge in [0.2, 0.25) is 5.91 Å². The number of hydrogen-bond acceptors (Lipinski definition) is 4. The first-order valence-electron chi connectivity index (χ1n) is 8.91. The van der Waals surface area contributed by atoms with Crippen LogP contribution in [0.3, 0.4) is 0 Å². The van der Waals surface area contributed by atoms with Crippen LogP contribution in [0.1, 0.15) is 6.92 Å². The third-order valence-electron chi connectivity index (χ3n) is 4.39. The number of carbonyl (C=O) groups excluding carboxylic acids is 3. The summed E-state index contributed by atoms with van der Waals surface area (Å²) in [5.74, 6) is -1.85. The lowest BCUT2D eigenvalue weighted by molar-refractivity contribution is -0.143. The van der Waals surface area contributed by atoms with Crippen molar-refractivity contribution in [3.8, 4) is 0 Å². The second-order valence-electron chi connectivity index (χ2n) is 6.47. The summed E-state index contributed by atoms with van der Waals surface area (Å²) >= 11 is 0. The number of piperazine rings is 1. The first-order chi connectivity index (χ1) is 13.4. The Balaban J connectivity index is 1.55. The highest BCUT2D eigenvalue weighted by atomic mass is 19.1. The predicted molar refractivity (Wildman–Crippen MR) is 105 cm³/mol. The smallest absolute Gasteiger partial charge is 0.313 e. The van der Waals surface area contributed by atoms with Gasteiger partial charge in [-0.2, -0.15) is 0 Å². The van der Waals surface area contributed by atoms with Crippen LogP contribution in [-0.4, -0.2) is 48.8 Å². The molecule has 2 aromatic carbocycles. The number of benzene rings is 2. The third-order valence-corrected chi connectivity index (χ3v) is 4.39. The molecule has 3 rings (SSSR count). The van der Waals surface area contributed by atoms with E-state index >= 15 is 0 Å². The van der Waals surface area contributed by atoms with Crippen molar-refractivity contribution in [2.45, 2.75) is 6.92 Å². The topological polar surface area (TPSA) is 81.8 Å². The second-order valence-corrected chi connectivity index (χ2v) is 6.47. The van der Waals surface area contributed by atoms with Gasteiger partial charge in [-0.25, -0.2) is 4.39 Å². The predicted octanol–water partition coefficient (Wildman–Crippen LogP) is 2.07. The van der Waals surface area contributed by atoms with Crippen LogP contribution in [0.2, 0.25) is 0 Å². The summed E-state index contributed by atoms with van der Waals surface area (Å²) in [6.45, 7) is 3.30. The molecule has 7 nitrogen and oxygen atoms in total. The van der Waals surface area contributed by atoms with Crippen LogP contribution < -0.4 is 15.5 Å². The van der Waals surface area contributed by atoms with Crippen molar-refractivity contribution in [2.75, 3.05) is 41.7 Å². The van der Waals surface area contributed by atoms with Crippen molar-refractivity contribution in [3.63, 3.8) is 0 Å². The van der Waals surface area contributed by atoms with E-state index in [1.807, 2.05) is 4.90 Å². The van der Waals surface area contributed by atoms with E-state index in [2.05, 4.69) is 10.6 Å². The molecule has 8 heteroatoms. The van der Waals surface area contributed by atoms with E-state index in [0.717, 1.165) is 5.69 Å². The van der Waals surface area contributed by atoms with Gasteiger partial charge in [-0.05, 0) is 42.5 Å². The number of hydrogen-bond donors (Lipinski definition) is 2. The molecule has 0 atom stereocenters. The largest absolute Gasteiger partial charge is 0.368 e. The summed E-state index contributed by atoms with van der Waals surface area (Å²) in [6.07, 6.45) is 0. The first-order valence-corrected chi connectivity index (χ1v) is 8.91. The molecule has 0 bridgehead atoms. The zero-order valence-corrected chi connectivity index (χ0v) is 15.4. The zero-order chi connectivity index (χ0) is 20.1. The minimum absolute atomic E-state index is 0.224. The van der Waals surface area contributed by atoms with E-state index < -0.39 is 11.8 Å². The van der Waals surface area contributed by atoms with E-state index in [0.29, 0.717) is 37.6 Å². The van der Waals surface area contributed by atoms with E-state index in [1.165, 1.54) is 24.0 Å². The molecule has 1 saturated heterocycles. The molecule has 0 unspecified atom stereocenters. The van der Waals surface area contributed by atoms with Gasteiger partial charge >= 0.3 is 11.8 Å². The molecule has 0 aliphatic carbocycles. The summed E-state index contributed by atoms with van der Waals surface area (Å²) in [5.41, 5.74) is 1.84. The maximum Gasteiger partial charge on any atom is 0.313 e.